The van der Waals surface area contributed by atoms with Crippen molar-refractivity contribution in [3.05, 3.63) is 45.5 Å². The van der Waals surface area contributed by atoms with E-state index in [4.69, 9.17) is 13.9 Å². The zero-order valence-corrected chi connectivity index (χ0v) is 16.2. The van der Waals surface area contributed by atoms with Gasteiger partial charge in [0.15, 0.2) is 0 Å². The van der Waals surface area contributed by atoms with Crippen LogP contribution >= 0.6 is 11.3 Å². The van der Waals surface area contributed by atoms with E-state index in [2.05, 4.69) is 28.9 Å². The van der Waals surface area contributed by atoms with Crippen molar-refractivity contribution < 1.29 is 18.7 Å². The van der Waals surface area contributed by atoms with Crippen LogP contribution in [0.2, 0.25) is 0 Å². The molecule has 2 aromatic heterocycles. The van der Waals surface area contributed by atoms with E-state index in [9.17, 15) is 4.79 Å². The molecule has 1 aliphatic rings. The Morgan fingerprint density at radius 2 is 2.04 bits per heavy atom. The van der Waals surface area contributed by atoms with Gasteiger partial charge in [0.2, 0.25) is 5.76 Å². The minimum absolute atomic E-state index is 0.252. The maximum absolute atomic E-state index is 11.6. The minimum Gasteiger partial charge on any atom is -0.463 e. The standard InChI is InChI=1S/C19H26N2O4S/c1-15-3-5-17(26-15)14-21(8-7-20-9-11-24-12-10-20)13-16-4-6-18(25-16)19(22)23-2/h3-6H,7-14H2,1-2H3. The maximum atomic E-state index is 11.6. The third kappa shape index (κ3) is 5.41. The zero-order chi connectivity index (χ0) is 18.4. The summed E-state index contributed by atoms with van der Waals surface area (Å²) in [5, 5.41) is 0. The molecule has 0 unspecified atom stereocenters. The first kappa shape index (κ1) is 19.1. The molecule has 0 radical (unpaired) electrons. The van der Waals surface area contributed by atoms with E-state index in [0.717, 1.165) is 51.7 Å². The van der Waals surface area contributed by atoms with Crippen molar-refractivity contribution in [1.82, 2.24) is 9.80 Å². The summed E-state index contributed by atoms with van der Waals surface area (Å²) in [7, 11) is 1.36. The molecule has 3 rings (SSSR count). The number of aryl methyl sites for hydroxylation is 1. The summed E-state index contributed by atoms with van der Waals surface area (Å²) in [5.41, 5.74) is 0. The van der Waals surface area contributed by atoms with Gasteiger partial charge in [-0.1, -0.05) is 0 Å². The SMILES string of the molecule is COC(=O)c1ccc(CN(CCN2CCOCC2)Cc2ccc(C)s2)o1. The number of hydrogen-bond acceptors (Lipinski definition) is 7. The first-order chi connectivity index (χ1) is 12.6. The quantitative estimate of drug-likeness (QED) is 0.659. The molecule has 0 aliphatic carbocycles. The summed E-state index contributed by atoms with van der Waals surface area (Å²) in [6.45, 7) is 9.19. The smallest absolute Gasteiger partial charge is 0.373 e. The summed E-state index contributed by atoms with van der Waals surface area (Å²) in [6.07, 6.45) is 0. The fourth-order valence-electron chi connectivity index (χ4n) is 3.01. The minimum atomic E-state index is -0.440. The maximum Gasteiger partial charge on any atom is 0.373 e. The van der Waals surface area contributed by atoms with Gasteiger partial charge >= 0.3 is 5.97 Å². The van der Waals surface area contributed by atoms with E-state index in [-0.39, 0.29) is 5.76 Å². The fourth-order valence-corrected chi connectivity index (χ4v) is 3.94. The molecule has 3 heterocycles. The number of nitrogens with zero attached hydrogens (tertiary/aromatic N) is 2. The van der Waals surface area contributed by atoms with Crippen LogP contribution < -0.4 is 0 Å². The second-order valence-electron chi connectivity index (χ2n) is 6.43. The predicted octanol–water partition coefficient (Wildman–Crippen LogP) is 2.77. The average Bonchev–Trinajstić information content (AvgIpc) is 3.29. The number of hydrogen-bond donors (Lipinski definition) is 0. The zero-order valence-electron chi connectivity index (χ0n) is 15.4. The van der Waals surface area contributed by atoms with Gasteiger partial charge in [0, 0.05) is 42.5 Å². The molecule has 1 fully saturated rings. The molecule has 0 N–H and O–H groups in total. The Morgan fingerprint density at radius 3 is 2.73 bits per heavy atom. The van der Waals surface area contributed by atoms with Crippen molar-refractivity contribution in [2.75, 3.05) is 46.5 Å². The molecule has 1 aliphatic heterocycles. The summed E-state index contributed by atoms with van der Waals surface area (Å²) in [5.74, 6) is 0.591. The first-order valence-corrected chi connectivity index (χ1v) is 9.70. The van der Waals surface area contributed by atoms with Crippen molar-refractivity contribution >= 4 is 17.3 Å². The predicted molar refractivity (Wildman–Crippen MR) is 100 cm³/mol. The normalized spacial score (nSPS) is 15.5. The monoisotopic (exact) mass is 378 g/mol. The van der Waals surface area contributed by atoms with E-state index in [1.807, 2.05) is 17.4 Å². The molecule has 0 spiro atoms. The van der Waals surface area contributed by atoms with Crippen molar-refractivity contribution in [3.63, 3.8) is 0 Å². The Kier molecular flexibility index (Phi) is 6.85. The van der Waals surface area contributed by atoms with Gasteiger partial charge in [-0.15, -0.1) is 11.3 Å². The molecule has 2 aromatic rings. The summed E-state index contributed by atoms with van der Waals surface area (Å²) in [6, 6.07) is 7.87. The number of morpholine rings is 1. The Morgan fingerprint density at radius 1 is 1.23 bits per heavy atom. The number of ether oxygens (including phenoxy) is 2. The second kappa shape index (κ2) is 9.32. The molecule has 0 saturated carbocycles. The number of rotatable bonds is 8. The van der Waals surface area contributed by atoms with Crippen LogP contribution in [0.15, 0.2) is 28.7 Å². The Bertz CT molecular complexity index is 706. The molecule has 0 atom stereocenters. The lowest BCUT2D eigenvalue weighted by molar-refractivity contribution is 0.0321. The third-order valence-corrected chi connectivity index (χ3v) is 5.42. The number of esters is 1. The van der Waals surface area contributed by atoms with Crippen LogP contribution in [0.25, 0.3) is 0 Å². The Labute approximate surface area is 158 Å². The van der Waals surface area contributed by atoms with Crippen LogP contribution in [0.3, 0.4) is 0 Å². The molecule has 26 heavy (non-hydrogen) atoms. The first-order valence-electron chi connectivity index (χ1n) is 8.89. The van der Waals surface area contributed by atoms with Crippen LogP contribution in [0.4, 0.5) is 0 Å². The number of carbonyl (C=O) groups is 1. The highest BCUT2D eigenvalue weighted by Gasteiger charge is 2.17. The molecule has 7 heteroatoms. The lowest BCUT2D eigenvalue weighted by Gasteiger charge is -2.29. The topological polar surface area (TPSA) is 55.2 Å². The van der Waals surface area contributed by atoms with Gasteiger partial charge in [0.1, 0.15) is 5.76 Å². The van der Waals surface area contributed by atoms with Crippen LogP contribution in [0, 0.1) is 6.92 Å². The highest BCUT2D eigenvalue weighted by atomic mass is 32.1. The van der Waals surface area contributed by atoms with E-state index in [1.165, 1.54) is 16.9 Å². The second-order valence-corrected chi connectivity index (χ2v) is 7.81. The van der Waals surface area contributed by atoms with E-state index >= 15 is 0 Å². The molecular formula is C19H26N2O4S. The van der Waals surface area contributed by atoms with Gasteiger partial charge in [-0.05, 0) is 31.2 Å². The van der Waals surface area contributed by atoms with Crippen molar-refractivity contribution in [3.8, 4) is 0 Å². The van der Waals surface area contributed by atoms with Crippen molar-refractivity contribution in [2.24, 2.45) is 0 Å². The Hall–Kier alpha value is -1.67. The van der Waals surface area contributed by atoms with Gasteiger partial charge in [-0.2, -0.15) is 0 Å². The largest absolute Gasteiger partial charge is 0.463 e. The average molecular weight is 378 g/mol. The fraction of sp³-hybridized carbons (Fsp3) is 0.526. The van der Waals surface area contributed by atoms with E-state index < -0.39 is 5.97 Å². The molecule has 0 bridgehead atoms. The molecule has 6 nitrogen and oxygen atoms in total. The van der Waals surface area contributed by atoms with E-state index in [1.54, 1.807) is 6.07 Å². The van der Waals surface area contributed by atoms with Crippen LogP contribution in [-0.4, -0.2) is 62.3 Å². The van der Waals surface area contributed by atoms with Crippen LogP contribution in [0.5, 0.6) is 0 Å². The molecule has 0 aromatic carbocycles. The van der Waals surface area contributed by atoms with Gasteiger partial charge in [-0.3, -0.25) is 9.80 Å². The molecule has 1 saturated heterocycles. The van der Waals surface area contributed by atoms with E-state index in [0.29, 0.717) is 6.54 Å². The molecule has 142 valence electrons. The van der Waals surface area contributed by atoms with Gasteiger partial charge in [0.25, 0.3) is 0 Å². The summed E-state index contributed by atoms with van der Waals surface area (Å²) < 4.78 is 15.8. The number of furan rings is 1. The third-order valence-electron chi connectivity index (χ3n) is 4.44. The van der Waals surface area contributed by atoms with Crippen molar-refractivity contribution in [2.45, 2.75) is 20.0 Å². The lowest BCUT2D eigenvalue weighted by Crippen LogP contribution is -2.41. The highest BCUT2D eigenvalue weighted by molar-refractivity contribution is 7.11. The number of methoxy groups -OCH3 is 1. The number of thiophene rings is 1. The number of carbonyl (C=O) groups excluding carboxylic acids is 1. The highest BCUT2D eigenvalue weighted by Crippen LogP contribution is 2.19. The van der Waals surface area contributed by atoms with Crippen LogP contribution in [-0.2, 0) is 22.6 Å². The van der Waals surface area contributed by atoms with Gasteiger partial charge in [0.05, 0.1) is 26.9 Å². The Balaban J connectivity index is 1.63. The van der Waals surface area contributed by atoms with Gasteiger partial charge < -0.3 is 13.9 Å². The van der Waals surface area contributed by atoms with Gasteiger partial charge in [-0.25, -0.2) is 4.79 Å². The molecule has 0 amide bonds. The summed E-state index contributed by atoms with van der Waals surface area (Å²) >= 11 is 1.82. The van der Waals surface area contributed by atoms with Crippen LogP contribution in [0.1, 0.15) is 26.1 Å². The lowest BCUT2D eigenvalue weighted by atomic mass is 10.3. The summed E-state index contributed by atoms with van der Waals surface area (Å²) in [4.78, 5) is 19.0. The van der Waals surface area contributed by atoms with Crippen molar-refractivity contribution in [1.29, 1.82) is 0 Å². The molecular weight excluding hydrogens is 352 g/mol.